The van der Waals surface area contributed by atoms with Crippen molar-refractivity contribution in [2.75, 3.05) is 0 Å². The molecule has 0 saturated heterocycles. The normalized spacial score (nSPS) is 17.6. The molecule has 2 aromatic rings. The number of nitrogens with zero attached hydrogens (tertiary/aromatic N) is 1. The predicted molar refractivity (Wildman–Crippen MR) is 87.6 cm³/mol. The van der Waals surface area contributed by atoms with Gasteiger partial charge in [-0.2, -0.15) is 0 Å². The number of hydrogen-bond donors (Lipinski definition) is 1. The van der Waals surface area contributed by atoms with Crippen molar-refractivity contribution >= 4 is 11.3 Å². The number of benzene rings is 1. The maximum atomic E-state index is 6.40. The van der Waals surface area contributed by atoms with Crippen LogP contribution in [-0.2, 0) is 5.60 Å². The molecule has 0 bridgehead atoms. The molecule has 0 amide bonds. The molecule has 0 aliphatic carbocycles. The Labute approximate surface area is 130 Å². The summed E-state index contributed by atoms with van der Waals surface area (Å²) in [5.74, 6) is 0.899. The van der Waals surface area contributed by atoms with E-state index in [1.54, 1.807) is 11.3 Å². The Morgan fingerprint density at radius 1 is 1.24 bits per heavy atom. The smallest absolute Gasteiger partial charge is 0.140 e. The van der Waals surface area contributed by atoms with Crippen LogP contribution >= 0.6 is 11.3 Å². The lowest BCUT2D eigenvalue weighted by Crippen LogP contribution is -2.27. The highest BCUT2D eigenvalue weighted by Crippen LogP contribution is 2.48. The molecule has 0 saturated carbocycles. The summed E-state index contributed by atoms with van der Waals surface area (Å²) in [5.41, 5.74) is 8.12. The van der Waals surface area contributed by atoms with Crippen molar-refractivity contribution in [3.63, 3.8) is 0 Å². The van der Waals surface area contributed by atoms with E-state index in [1.165, 1.54) is 0 Å². The summed E-state index contributed by atoms with van der Waals surface area (Å²) in [6, 6.07) is 8.01. The summed E-state index contributed by atoms with van der Waals surface area (Å²) in [4.78, 5) is 6.03. The number of nitrogens with two attached hydrogens (primary N) is 1. The predicted octanol–water partition coefficient (Wildman–Crippen LogP) is 4.48. The van der Waals surface area contributed by atoms with Gasteiger partial charge in [0.2, 0.25) is 0 Å². The Morgan fingerprint density at radius 2 is 1.90 bits per heavy atom. The topological polar surface area (TPSA) is 48.1 Å². The SMILES string of the molecule is CC1(C)Oc2ccccc2-c2nc(C(N)C(C)(C)C)sc21. The summed E-state index contributed by atoms with van der Waals surface area (Å²) in [5, 5.41) is 0.987. The van der Waals surface area contributed by atoms with Gasteiger partial charge in [0.25, 0.3) is 0 Å². The van der Waals surface area contributed by atoms with Gasteiger partial charge in [0, 0.05) is 5.56 Å². The molecule has 21 heavy (non-hydrogen) atoms. The molecule has 3 rings (SSSR count). The van der Waals surface area contributed by atoms with Crippen LogP contribution < -0.4 is 10.5 Å². The molecule has 112 valence electrons. The average molecular weight is 302 g/mol. The van der Waals surface area contributed by atoms with Crippen molar-refractivity contribution in [1.29, 1.82) is 0 Å². The van der Waals surface area contributed by atoms with Crippen LogP contribution in [0.25, 0.3) is 11.3 Å². The third-order valence-electron chi connectivity index (χ3n) is 3.90. The standard InChI is InChI=1S/C17H22N2OS/c1-16(2,3)13(18)15-19-12-10-8-6-7-9-11(10)20-17(4,5)14(12)21-15/h6-9,13H,18H2,1-5H3. The fourth-order valence-corrected chi connectivity index (χ4v) is 3.87. The Balaban J connectivity index is 2.17. The molecule has 1 aromatic heterocycles. The van der Waals surface area contributed by atoms with Gasteiger partial charge < -0.3 is 10.5 Å². The van der Waals surface area contributed by atoms with Gasteiger partial charge in [0.1, 0.15) is 16.4 Å². The fraction of sp³-hybridized carbons (Fsp3) is 0.471. The Kier molecular flexibility index (Phi) is 3.15. The van der Waals surface area contributed by atoms with E-state index >= 15 is 0 Å². The molecule has 4 heteroatoms. The lowest BCUT2D eigenvalue weighted by molar-refractivity contribution is 0.109. The third kappa shape index (κ3) is 2.36. The van der Waals surface area contributed by atoms with Gasteiger partial charge in [-0.1, -0.05) is 32.9 Å². The lowest BCUT2D eigenvalue weighted by Gasteiger charge is -2.31. The van der Waals surface area contributed by atoms with Gasteiger partial charge in [0.05, 0.1) is 16.6 Å². The van der Waals surface area contributed by atoms with Crippen molar-refractivity contribution in [3.8, 4) is 17.0 Å². The Bertz CT molecular complexity index is 682. The van der Waals surface area contributed by atoms with Crippen LogP contribution in [0.15, 0.2) is 24.3 Å². The minimum Gasteiger partial charge on any atom is -0.482 e. The molecule has 0 radical (unpaired) electrons. The van der Waals surface area contributed by atoms with Gasteiger partial charge >= 0.3 is 0 Å². The van der Waals surface area contributed by atoms with Gasteiger partial charge in [-0.15, -0.1) is 11.3 Å². The van der Waals surface area contributed by atoms with Crippen LogP contribution in [0, 0.1) is 5.41 Å². The van der Waals surface area contributed by atoms with Gasteiger partial charge in [0.15, 0.2) is 0 Å². The van der Waals surface area contributed by atoms with Crippen LogP contribution in [0.1, 0.15) is 50.5 Å². The molecule has 1 unspecified atom stereocenters. The number of ether oxygens (including phenoxy) is 1. The summed E-state index contributed by atoms with van der Waals surface area (Å²) >= 11 is 1.68. The summed E-state index contributed by atoms with van der Waals surface area (Å²) in [6.45, 7) is 10.6. The van der Waals surface area contributed by atoms with Crippen molar-refractivity contribution in [2.24, 2.45) is 11.1 Å². The van der Waals surface area contributed by atoms with Gasteiger partial charge in [-0.05, 0) is 31.4 Å². The third-order valence-corrected chi connectivity index (χ3v) is 5.34. The number of para-hydroxylation sites is 1. The zero-order chi connectivity index (χ0) is 15.4. The minimum absolute atomic E-state index is 0.00896. The number of rotatable bonds is 1. The van der Waals surface area contributed by atoms with E-state index in [-0.39, 0.29) is 17.1 Å². The molecular formula is C17H22N2OS. The second-order valence-electron chi connectivity index (χ2n) is 7.18. The Hall–Kier alpha value is -1.39. The molecule has 0 fully saturated rings. The average Bonchev–Trinajstić information content (AvgIpc) is 2.82. The molecule has 0 spiro atoms. The van der Waals surface area contributed by atoms with E-state index < -0.39 is 0 Å². The van der Waals surface area contributed by atoms with Crippen molar-refractivity contribution in [3.05, 3.63) is 34.2 Å². The maximum Gasteiger partial charge on any atom is 0.140 e. The van der Waals surface area contributed by atoms with Crippen LogP contribution in [-0.4, -0.2) is 4.98 Å². The van der Waals surface area contributed by atoms with E-state index in [2.05, 4.69) is 40.7 Å². The number of hydrogen-bond acceptors (Lipinski definition) is 4. The van der Waals surface area contributed by atoms with Gasteiger partial charge in [-0.25, -0.2) is 4.98 Å². The zero-order valence-corrected chi connectivity index (χ0v) is 14.0. The quantitative estimate of drug-likeness (QED) is 0.844. The first kappa shape index (κ1) is 14.5. The molecule has 1 atom stereocenters. The van der Waals surface area contributed by atoms with Crippen LogP contribution in [0.2, 0.25) is 0 Å². The second-order valence-corrected chi connectivity index (χ2v) is 8.21. The minimum atomic E-state index is -0.364. The van der Waals surface area contributed by atoms with Gasteiger partial charge in [-0.3, -0.25) is 0 Å². The van der Waals surface area contributed by atoms with E-state index in [1.807, 2.05) is 18.2 Å². The number of fused-ring (bicyclic) bond motifs is 3. The highest BCUT2D eigenvalue weighted by molar-refractivity contribution is 7.12. The van der Waals surface area contributed by atoms with E-state index in [0.717, 1.165) is 26.9 Å². The molecule has 1 aliphatic rings. The van der Waals surface area contributed by atoms with Crippen molar-refractivity contribution < 1.29 is 4.74 Å². The first-order valence-corrected chi connectivity index (χ1v) is 8.07. The van der Waals surface area contributed by atoms with Crippen molar-refractivity contribution in [1.82, 2.24) is 4.98 Å². The van der Waals surface area contributed by atoms with Crippen LogP contribution in [0.5, 0.6) is 5.75 Å². The van der Waals surface area contributed by atoms with E-state index in [9.17, 15) is 0 Å². The molecule has 2 heterocycles. The number of thiazole rings is 1. The highest BCUT2D eigenvalue weighted by atomic mass is 32.1. The first-order valence-electron chi connectivity index (χ1n) is 7.25. The molecule has 3 nitrogen and oxygen atoms in total. The number of aromatic nitrogens is 1. The maximum absolute atomic E-state index is 6.40. The van der Waals surface area contributed by atoms with Crippen LogP contribution in [0.3, 0.4) is 0 Å². The molecule has 1 aliphatic heterocycles. The Morgan fingerprint density at radius 3 is 2.57 bits per heavy atom. The second kappa shape index (κ2) is 4.55. The van der Waals surface area contributed by atoms with E-state index in [4.69, 9.17) is 15.5 Å². The van der Waals surface area contributed by atoms with E-state index in [0.29, 0.717) is 0 Å². The molecule has 2 N–H and O–H groups in total. The lowest BCUT2D eigenvalue weighted by atomic mass is 9.88. The fourth-order valence-electron chi connectivity index (χ4n) is 2.50. The molecule has 1 aromatic carbocycles. The largest absolute Gasteiger partial charge is 0.482 e. The highest BCUT2D eigenvalue weighted by Gasteiger charge is 2.37. The monoisotopic (exact) mass is 302 g/mol. The molecular weight excluding hydrogens is 280 g/mol. The summed E-state index contributed by atoms with van der Waals surface area (Å²) in [7, 11) is 0. The zero-order valence-electron chi connectivity index (χ0n) is 13.2. The van der Waals surface area contributed by atoms with Crippen LogP contribution in [0.4, 0.5) is 0 Å². The van der Waals surface area contributed by atoms with Crippen molar-refractivity contribution in [2.45, 2.75) is 46.3 Å². The summed E-state index contributed by atoms with van der Waals surface area (Å²) < 4.78 is 6.15. The first-order chi connectivity index (χ1) is 9.70. The summed E-state index contributed by atoms with van der Waals surface area (Å²) in [6.07, 6.45) is 0.